The molecule has 2 aromatic rings. The van der Waals surface area contributed by atoms with Crippen molar-refractivity contribution < 1.29 is 14.6 Å². The largest absolute Gasteiger partial charge is 0.508 e. The molecule has 23 heavy (non-hydrogen) atoms. The smallest absolute Gasteiger partial charge is 0.225 e. The van der Waals surface area contributed by atoms with E-state index in [1.807, 2.05) is 12.1 Å². The van der Waals surface area contributed by atoms with Gasteiger partial charge in [-0.1, -0.05) is 6.92 Å². The number of hydrogen-bond acceptors (Lipinski definition) is 4. The minimum atomic E-state index is -0.0169. The summed E-state index contributed by atoms with van der Waals surface area (Å²) in [4.78, 5) is 15.7. The highest BCUT2D eigenvalue weighted by molar-refractivity contribution is 5.93. The van der Waals surface area contributed by atoms with Gasteiger partial charge < -0.3 is 15.2 Å². The SMILES string of the molecule is CC1C[C@@H]1c1cc(Oc2ccnc3c2CCC(=O)N3)ccc1O. The highest BCUT2D eigenvalue weighted by Crippen LogP contribution is 2.50. The zero-order valence-corrected chi connectivity index (χ0v) is 12.9. The van der Waals surface area contributed by atoms with Crippen LogP contribution in [0.4, 0.5) is 5.82 Å². The summed E-state index contributed by atoms with van der Waals surface area (Å²) in [7, 11) is 0. The average molecular weight is 310 g/mol. The van der Waals surface area contributed by atoms with Crippen LogP contribution in [0.25, 0.3) is 0 Å². The molecule has 0 saturated heterocycles. The van der Waals surface area contributed by atoms with Crippen molar-refractivity contribution in [2.45, 2.75) is 32.1 Å². The standard InChI is InChI=1S/C18H18N2O3/c1-10-8-13(10)14-9-11(2-4-15(14)21)23-16-6-7-19-18-12(16)3-5-17(22)20-18/h2,4,6-7,9-10,13,21H,3,5,8H2,1H3,(H,19,20,22)/t10?,13-/m0/s1. The van der Waals surface area contributed by atoms with Gasteiger partial charge >= 0.3 is 0 Å². The molecule has 1 aliphatic carbocycles. The number of benzene rings is 1. The monoisotopic (exact) mass is 310 g/mol. The first-order chi connectivity index (χ1) is 11.1. The Bertz CT molecular complexity index is 788. The van der Waals surface area contributed by atoms with Gasteiger partial charge in [-0.05, 0) is 48.9 Å². The lowest BCUT2D eigenvalue weighted by atomic mass is 10.1. The normalized spacial score (nSPS) is 22.2. The molecule has 2 N–H and O–H groups in total. The van der Waals surface area contributed by atoms with Crippen LogP contribution in [0.15, 0.2) is 30.5 Å². The molecule has 0 bridgehead atoms. The van der Waals surface area contributed by atoms with E-state index in [1.54, 1.807) is 18.3 Å². The fraction of sp³-hybridized carbons (Fsp3) is 0.333. The number of phenolic OH excluding ortho intramolecular Hbond substituents is 1. The van der Waals surface area contributed by atoms with Gasteiger partial charge in [0.2, 0.25) is 5.91 Å². The van der Waals surface area contributed by atoms with Crippen molar-refractivity contribution in [3.63, 3.8) is 0 Å². The van der Waals surface area contributed by atoms with E-state index in [0.29, 0.717) is 47.7 Å². The zero-order chi connectivity index (χ0) is 16.0. The average Bonchev–Trinajstić information content (AvgIpc) is 3.26. The number of carbonyl (C=O) groups is 1. The minimum absolute atomic E-state index is 0.0169. The van der Waals surface area contributed by atoms with Crippen LogP contribution >= 0.6 is 0 Å². The van der Waals surface area contributed by atoms with Crippen molar-refractivity contribution in [3.05, 3.63) is 41.6 Å². The maximum atomic E-state index is 11.5. The summed E-state index contributed by atoms with van der Waals surface area (Å²) in [6, 6.07) is 7.17. The third-order valence-corrected chi connectivity index (χ3v) is 4.61. The fourth-order valence-electron chi connectivity index (χ4n) is 3.13. The van der Waals surface area contributed by atoms with E-state index in [-0.39, 0.29) is 5.91 Å². The number of phenols is 1. The number of pyridine rings is 1. The van der Waals surface area contributed by atoms with Crippen molar-refractivity contribution in [1.29, 1.82) is 0 Å². The number of hydrogen-bond donors (Lipinski definition) is 2. The molecule has 1 fully saturated rings. The number of anilines is 1. The second-order valence-corrected chi connectivity index (χ2v) is 6.33. The van der Waals surface area contributed by atoms with E-state index in [1.165, 1.54) is 0 Å². The summed E-state index contributed by atoms with van der Waals surface area (Å²) < 4.78 is 6.02. The van der Waals surface area contributed by atoms with E-state index in [0.717, 1.165) is 17.5 Å². The highest BCUT2D eigenvalue weighted by atomic mass is 16.5. The molecule has 2 aliphatic rings. The molecule has 1 saturated carbocycles. The van der Waals surface area contributed by atoms with E-state index in [2.05, 4.69) is 17.2 Å². The molecular formula is C18H18N2O3. The van der Waals surface area contributed by atoms with Gasteiger partial charge in [-0.25, -0.2) is 4.98 Å². The summed E-state index contributed by atoms with van der Waals surface area (Å²) in [6.45, 7) is 2.18. The highest BCUT2D eigenvalue weighted by Gasteiger charge is 2.36. The Labute approximate surface area is 134 Å². The third kappa shape index (κ3) is 2.63. The summed E-state index contributed by atoms with van der Waals surface area (Å²) >= 11 is 0. The summed E-state index contributed by atoms with van der Waals surface area (Å²) in [5.41, 5.74) is 1.87. The molecule has 5 heteroatoms. The fourth-order valence-corrected chi connectivity index (χ4v) is 3.13. The van der Waals surface area contributed by atoms with Crippen LogP contribution in [0.1, 0.15) is 36.8 Å². The first kappa shape index (κ1) is 14.1. The number of fused-ring (bicyclic) bond motifs is 1. The Morgan fingerprint density at radius 3 is 2.91 bits per heavy atom. The summed E-state index contributed by atoms with van der Waals surface area (Å²) in [5.74, 6) is 3.32. The molecule has 1 amide bonds. The van der Waals surface area contributed by atoms with Gasteiger partial charge in [0.05, 0.1) is 0 Å². The molecule has 1 aliphatic heterocycles. The first-order valence-corrected chi connectivity index (χ1v) is 7.90. The van der Waals surface area contributed by atoms with E-state index in [4.69, 9.17) is 4.74 Å². The second kappa shape index (κ2) is 5.26. The predicted molar refractivity (Wildman–Crippen MR) is 85.9 cm³/mol. The van der Waals surface area contributed by atoms with E-state index < -0.39 is 0 Å². The minimum Gasteiger partial charge on any atom is -0.508 e. The summed E-state index contributed by atoms with van der Waals surface area (Å²) in [6.07, 6.45) is 3.79. The lowest BCUT2D eigenvalue weighted by Crippen LogP contribution is -2.20. The number of amides is 1. The maximum Gasteiger partial charge on any atom is 0.225 e. The van der Waals surface area contributed by atoms with Crippen LogP contribution in [0.2, 0.25) is 0 Å². The lowest BCUT2D eigenvalue weighted by Gasteiger charge is -2.19. The molecule has 118 valence electrons. The molecule has 4 rings (SSSR count). The van der Waals surface area contributed by atoms with Crippen LogP contribution in [0.3, 0.4) is 0 Å². The van der Waals surface area contributed by atoms with Gasteiger partial charge in [0.1, 0.15) is 23.1 Å². The van der Waals surface area contributed by atoms with Gasteiger partial charge in [0.15, 0.2) is 0 Å². The Balaban J connectivity index is 1.64. The Morgan fingerprint density at radius 2 is 2.13 bits per heavy atom. The Kier molecular flexibility index (Phi) is 3.22. The molecule has 2 atom stereocenters. The number of nitrogens with zero attached hydrogens (tertiary/aromatic N) is 1. The van der Waals surface area contributed by atoms with Crippen LogP contribution in [-0.2, 0) is 11.2 Å². The van der Waals surface area contributed by atoms with Crippen molar-refractivity contribution in [1.82, 2.24) is 4.98 Å². The maximum absolute atomic E-state index is 11.5. The number of aromatic nitrogens is 1. The van der Waals surface area contributed by atoms with E-state index >= 15 is 0 Å². The Hall–Kier alpha value is -2.56. The molecule has 1 aromatic carbocycles. The number of nitrogens with one attached hydrogen (secondary N) is 1. The zero-order valence-electron chi connectivity index (χ0n) is 12.9. The number of carbonyl (C=O) groups excluding carboxylic acids is 1. The van der Waals surface area contributed by atoms with Gasteiger partial charge in [0.25, 0.3) is 0 Å². The summed E-state index contributed by atoms with van der Waals surface area (Å²) in [5, 5.41) is 12.8. The van der Waals surface area contributed by atoms with Crippen LogP contribution in [0.5, 0.6) is 17.2 Å². The Morgan fingerprint density at radius 1 is 1.30 bits per heavy atom. The molecule has 0 radical (unpaired) electrons. The van der Waals surface area contributed by atoms with Crippen molar-refractivity contribution >= 4 is 11.7 Å². The van der Waals surface area contributed by atoms with E-state index in [9.17, 15) is 9.90 Å². The third-order valence-electron chi connectivity index (χ3n) is 4.61. The number of aromatic hydroxyl groups is 1. The quantitative estimate of drug-likeness (QED) is 0.909. The number of rotatable bonds is 3. The molecule has 2 heterocycles. The van der Waals surface area contributed by atoms with Crippen molar-refractivity contribution in [2.24, 2.45) is 5.92 Å². The van der Waals surface area contributed by atoms with Crippen molar-refractivity contribution in [3.8, 4) is 17.2 Å². The van der Waals surface area contributed by atoms with Crippen LogP contribution in [0, 0.1) is 5.92 Å². The molecular weight excluding hydrogens is 292 g/mol. The van der Waals surface area contributed by atoms with Crippen LogP contribution in [-0.4, -0.2) is 16.0 Å². The molecule has 1 aromatic heterocycles. The van der Waals surface area contributed by atoms with Gasteiger partial charge in [0, 0.05) is 23.7 Å². The molecule has 1 unspecified atom stereocenters. The lowest BCUT2D eigenvalue weighted by molar-refractivity contribution is -0.116. The van der Waals surface area contributed by atoms with Gasteiger partial charge in [-0.2, -0.15) is 0 Å². The van der Waals surface area contributed by atoms with Gasteiger partial charge in [-0.3, -0.25) is 4.79 Å². The topological polar surface area (TPSA) is 71.5 Å². The molecule has 0 spiro atoms. The second-order valence-electron chi connectivity index (χ2n) is 6.33. The predicted octanol–water partition coefficient (Wildman–Crippen LogP) is 3.59. The van der Waals surface area contributed by atoms with Crippen molar-refractivity contribution in [2.75, 3.05) is 5.32 Å². The number of ether oxygens (including phenoxy) is 1. The first-order valence-electron chi connectivity index (χ1n) is 7.90. The van der Waals surface area contributed by atoms with Gasteiger partial charge in [-0.15, -0.1) is 0 Å². The van der Waals surface area contributed by atoms with Crippen LogP contribution < -0.4 is 10.1 Å². The molecule has 5 nitrogen and oxygen atoms in total.